The van der Waals surface area contributed by atoms with E-state index in [9.17, 15) is 9.18 Å². The highest BCUT2D eigenvalue weighted by Crippen LogP contribution is 2.26. The number of nitrogens with one attached hydrogen (secondary N) is 2. The normalized spacial score (nSPS) is 17.9. The fraction of sp³-hybridized carbons (Fsp3) is 0.375. The lowest BCUT2D eigenvalue weighted by atomic mass is 10.1. The van der Waals surface area contributed by atoms with Crippen LogP contribution in [0.25, 0.3) is 11.3 Å². The summed E-state index contributed by atoms with van der Waals surface area (Å²) in [6.07, 6.45) is 0.352. The minimum atomic E-state index is -0.236. The van der Waals surface area contributed by atoms with Gasteiger partial charge in [-0.25, -0.2) is 9.37 Å². The molecule has 122 valence electrons. The molecule has 0 bridgehead atoms. The van der Waals surface area contributed by atoms with Crippen LogP contribution in [0.3, 0.4) is 0 Å². The lowest BCUT2D eigenvalue weighted by Gasteiger charge is -2.22. The van der Waals surface area contributed by atoms with Crippen LogP contribution in [-0.2, 0) is 9.53 Å². The van der Waals surface area contributed by atoms with Gasteiger partial charge in [0.25, 0.3) is 0 Å². The number of aryl methyl sites for hydroxylation is 1. The predicted molar refractivity (Wildman–Crippen MR) is 88.1 cm³/mol. The van der Waals surface area contributed by atoms with Gasteiger partial charge in [0.15, 0.2) is 5.13 Å². The molecule has 1 unspecified atom stereocenters. The van der Waals surface area contributed by atoms with E-state index < -0.39 is 0 Å². The fourth-order valence-electron chi connectivity index (χ4n) is 2.41. The predicted octanol–water partition coefficient (Wildman–Crippen LogP) is 2.57. The second kappa shape index (κ2) is 7.16. The highest BCUT2D eigenvalue weighted by Gasteiger charge is 2.17. The highest BCUT2D eigenvalue weighted by molar-refractivity contribution is 7.14. The summed E-state index contributed by atoms with van der Waals surface area (Å²) in [7, 11) is 0. The summed E-state index contributed by atoms with van der Waals surface area (Å²) in [6.45, 7) is 3.72. The molecule has 2 N–H and O–H groups in total. The number of morpholine rings is 1. The van der Waals surface area contributed by atoms with E-state index in [0.29, 0.717) is 30.3 Å². The van der Waals surface area contributed by atoms with Gasteiger partial charge in [-0.3, -0.25) is 4.79 Å². The van der Waals surface area contributed by atoms with E-state index in [1.54, 1.807) is 19.1 Å². The minimum absolute atomic E-state index is 0.0444. The summed E-state index contributed by atoms with van der Waals surface area (Å²) in [6, 6.07) is 4.91. The van der Waals surface area contributed by atoms with Gasteiger partial charge in [0, 0.05) is 30.0 Å². The van der Waals surface area contributed by atoms with Crippen molar-refractivity contribution in [2.45, 2.75) is 19.4 Å². The molecule has 0 radical (unpaired) electrons. The number of amides is 1. The van der Waals surface area contributed by atoms with Crippen molar-refractivity contribution in [3.05, 3.63) is 35.0 Å². The van der Waals surface area contributed by atoms with Crippen LogP contribution < -0.4 is 10.6 Å². The molecule has 23 heavy (non-hydrogen) atoms. The first kappa shape index (κ1) is 16.0. The van der Waals surface area contributed by atoms with E-state index >= 15 is 0 Å². The summed E-state index contributed by atoms with van der Waals surface area (Å²) < 4.78 is 18.7. The van der Waals surface area contributed by atoms with E-state index in [1.165, 1.54) is 17.4 Å². The quantitative estimate of drug-likeness (QED) is 0.901. The molecule has 1 atom stereocenters. The third-order valence-electron chi connectivity index (χ3n) is 3.63. The van der Waals surface area contributed by atoms with Crippen LogP contribution in [0.5, 0.6) is 0 Å². The smallest absolute Gasteiger partial charge is 0.227 e. The Morgan fingerprint density at radius 2 is 2.43 bits per heavy atom. The zero-order valence-electron chi connectivity index (χ0n) is 12.8. The molecule has 1 aliphatic heterocycles. The van der Waals surface area contributed by atoms with Gasteiger partial charge >= 0.3 is 0 Å². The fourth-order valence-corrected chi connectivity index (χ4v) is 3.15. The summed E-state index contributed by atoms with van der Waals surface area (Å²) in [5, 5.41) is 8.44. The third kappa shape index (κ3) is 4.13. The maximum Gasteiger partial charge on any atom is 0.227 e. The summed E-state index contributed by atoms with van der Waals surface area (Å²) >= 11 is 1.36. The molecule has 1 saturated heterocycles. The lowest BCUT2D eigenvalue weighted by molar-refractivity contribution is -0.117. The van der Waals surface area contributed by atoms with E-state index in [-0.39, 0.29) is 17.8 Å². The van der Waals surface area contributed by atoms with Crippen LogP contribution in [0.4, 0.5) is 9.52 Å². The number of hydrogen-bond acceptors (Lipinski definition) is 5. The molecule has 2 heterocycles. The Morgan fingerprint density at radius 3 is 3.17 bits per heavy atom. The van der Waals surface area contributed by atoms with Crippen molar-refractivity contribution in [1.82, 2.24) is 10.3 Å². The number of thiazole rings is 1. The van der Waals surface area contributed by atoms with Crippen LogP contribution in [-0.4, -0.2) is 36.7 Å². The van der Waals surface area contributed by atoms with Gasteiger partial charge in [-0.2, -0.15) is 0 Å². The molecule has 7 heteroatoms. The number of carbonyl (C=O) groups is 1. The van der Waals surface area contributed by atoms with Gasteiger partial charge in [0.2, 0.25) is 5.91 Å². The molecule has 0 aliphatic carbocycles. The van der Waals surface area contributed by atoms with Gasteiger partial charge in [-0.05, 0) is 30.7 Å². The third-order valence-corrected chi connectivity index (χ3v) is 4.39. The van der Waals surface area contributed by atoms with E-state index in [1.807, 2.05) is 5.38 Å². The van der Waals surface area contributed by atoms with Crippen molar-refractivity contribution in [3.8, 4) is 11.3 Å². The highest BCUT2D eigenvalue weighted by atomic mass is 32.1. The van der Waals surface area contributed by atoms with Crippen molar-refractivity contribution in [2.75, 3.05) is 25.1 Å². The Kier molecular flexibility index (Phi) is 5.00. The van der Waals surface area contributed by atoms with Gasteiger partial charge in [-0.1, -0.05) is 0 Å². The molecule has 0 saturated carbocycles. The average Bonchev–Trinajstić information content (AvgIpc) is 2.99. The lowest BCUT2D eigenvalue weighted by Crippen LogP contribution is -2.43. The van der Waals surface area contributed by atoms with Crippen LogP contribution in [0.1, 0.15) is 12.0 Å². The summed E-state index contributed by atoms with van der Waals surface area (Å²) in [5.41, 5.74) is 2.14. The second-order valence-electron chi connectivity index (χ2n) is 5.48. The molecule has 1 fully saturated rings. The number of rotatable bonds is 4. The van der Waals surface area contributed by atoms with Gasteiger partial charge in [-0.15, -0.1) is 11.3 Å². The number of benzene rings is 1. The first-order chi connectivity index (χ1) is 11.1. The second-order valence-corrected chi connectivity index (χ2v) is 6.34. The van der Waals surface area contributed by atoms with Crippen molar-refractivity contribution < 1.29 is 13.9 Å². The number of halogens is 1. The molecule has 1 amide bonds. The number of ether oxygens (including phenoxy) is 1. The standard InChI is InChI=1S/C16H18FN3O2S/c1-10-6-11(2-3-13(10)17)14-9-23-16(19-14)20-15(21)7-12-8-22-5-4-18-12/h2-3,6,9,12,18H,4-5,7-8H2,1H3,(H,19,20,21). The number of nitrogens with zero attached hydrogens (tertiary/aromatic N) is 1. The van der Waals surface area contributed by atoms with Gasteiger partial charge < -0.3 is 15.4 Å². The SMILES string of the molecule is Cc1cc(-c2csc(NC(=O)CC3COCCN3)n2)ccc1F. The van der Waals surface area contributed by atoms with Crippen LogP contribution >= 0.6 is 11.3 Å². The van der Waals surface area contributed by atoms with Gasteiger partial charge in [0.05, 0.1) is 18.9 Å². The van der Waals surface area contributed by atoms with Crippen molar-refractivity contribution >= 4 is 22.4 Å². The number of carbonyl (C=O) groups excluding carboxylic acids is 1. The Hall–Kier alpha value is -1.83. The molecule has 2 aromatic rings. The van der Waals surface area contributed by atoms with E-state index in [0.717, 1.165) is 17.8 Å². The number of hydrogen-bond donors (Lipinski definition) is 2. The van der Waals surface area contributed by atoms with E-state index in [2.05, 4.69) is 15.6 Å². The molecule has 5 nitrogen and oxygen atoms in total. The Balaban J connectivity index is 1.62. The number of aromatic nitrogens is 1. The van der Waals surface area contributed by atoms with Gasteiger partial charge in [0.1, 0.15) is 5.82 Å². The minimum Gasteiger partial charge on any atom is -0.378 e. The Labute approximate surface area is 137 Å². The van der Waals surface area contributed by atoms with Crippen LogP contribution in [0.15, 0.2) is 23.6 Å². The summed E-state index contributed by atoms with van der Waals surface area (Å²) in [5.74, 6) is -0.330. The zero-order valence-corrected chi connectivity index (χ0v) is 13.6. The topological polar surface area (TPSA) is 63.2 Å². The zero-order chi connectivity index (χ0) is 16.2. The van der Waals surface area contributed by atoms with Crippen molar-refractivity contribution in [3.63, 3.8) is 0 Å². The monoisotopic (exact) mass is 335 g/mol. The first-order valence-corrected chi connectivity index (χ1v) is 8.33. The average molecular weight is 335 g/mol. The van der Waals surface area contributed by atoms with Crippen molar-refractivity contribution in [2.24, 2.45) is 0 Å². The summed E-state index contributed by atoms with van der Waals surface area (Å²) in [4.78, 5) is 16.4. The molecule has 1 aliphatic rings. The van der Waals surface area contributed by atoms with Crippen molar-refractivity contribution in [1.29, 1.82) is 0 Å². The van der Waals surface area contributed by atoms with E-state index in [4.69, 9.17) is 4.74 Å². The molecule has 1 aromatic heterocycles. The molecule has 3 rings (SSSR count). The largest absolute Gasteiger partial charge is 0.378 e. The molecule has 0 spiro atoms. The maximum absolute atomic E-state index is 13.3. The molecular weight excluding hydrogens is 317 g/mol. The Morgan fingerprint density at radius 1 is 1.57 bits per heavy atom. The van der Waals surface area contributed by atoms with Crippen LogP contribution in [0.2, 0.25) is 0 Å². The Bertz CT molecular complexity index is 698. The molecule has 1 aromatic carbocycles. The maximum atomic E-state index is 13.3. The number of anilines is 1. The first-order valence-electron chi connectivity index (χ1n) is 7.45. The molecular formula is C16H18FN3O2S. The van der Waals surface area contributed by atoms with Crippen LogP contribution in [0, 0.1) is 12.7 Å².